The molecule has 3 aromatic heterocycles. The maximum atomic E-state index is 15.1. The fourth-order valence-electron chi connectivity index (χ4n) is 7.85. The summed E-state index contributed by atoms with van der Waals surface area (Å²) in [4.78, 5) is 31.2. The van der Waals surface area contributed by atoms with Crippen LogP contribution in [0.3, 0.4) is 0 Å². The van der Waals surface area contributed by atoms with E-state index < -0.39 is 29.8 Å². The third-order valence-electron chi connectivity index (χ3n) is 10.3. The van der Waals surface area contributed by atoms with E-state index in [9.17, 15) is 14.7 Å². The van der Waals surface area contributed by atoms with Crippen LogP contribution in [0.1, 0.15) is 56.0 Å². The first kappa shape index (κ1) is 33.2. The molecule has 0 bridgehead atoms. The first-order valence-corrected chi connectivity index (χ1v) is 17.3. The van der Waals surface area contributed by atoms with Gasteiger partial charge in [0.15, 0.2) is 0 Å². The number of carbonyl (C=O) groups is 2. The predicted molar refractivity (Wildman–Crippen MR) is 187 cm³/mol. The van der Waals surface area contributed by atoms with Gasteiger partial charge >= 0.3 is 6.09 Å². The van der Waals surface area contributed by atoms with Gasteiger partial charge in [0.25, 0.3) is 5.91 Å². The molecule has 7 rings (SSSR count). The second-order valence-corrected chi connectivity index (χ2v) is 15.1. The van der Waals surface area contributed by atoms with E-state index in [2.05, 4.69) is 33.7 Å². The van der Waals surface area contributed by atoms with Crippen molar-refractivity contribution in [2.75, 3.05) is 51.9 Å². The molecular formula is C37H47FN6O5. The molecule has 5 heterocycles. The summed E-state index contributed by atoms with van der Waals surface area (Å²) in [5.74, 6) is 1.28. The van der Waals surface area contributed by atoms with Crippen LogP contribution in [0.2, 0.25) is 0 Å². The summed E-state index contributed by atoms with van der Waals surface area (Å²) in [6.07, 6.45) is 1.67. The lowest BCUT2D eigenvalue weighted by atomic mass is 9.96. The number of hydrogen-bond acceptors (Lipinski definition) is 6. The number of piperidine rings is 1. The molecule has 12 heteroatoms. The zero-order chi connectivity index (χ0) is 34.8. The Labute approximate surface area is 286 Å². The fraction of sp³-hybridized carbons (Fsp3) is 0.541. The molecule has 1 N–H and O–H groups in total. The first-order valence-electron chi connectivity index (χ1n) is 17.3. The van der Waals surface area contributed by atoms with Crippen molar-refractivity contribution in [1.82, 2.24) is 24.0 Å². The van der Waals surface area contributed by atoms with Crippen LogP contribution in [0.15, 0.2) is 36.5 Å². The Hall–Kier alpha value is -4.32. The monoisotopic (exact) mass is 674 g/mol. The van der Waals surface area contributed by atoms with Crippen molar-refractivity contribution >= 4 is 34.1 Å². The number of amides is 2. The normalized spacial score (nSPS) is 20.2. The van der Waals surface area contributed by atoms with Crippen molar-refractivity contribution in [2.24, 2.45) is 11.8 Å². The van der Waals surface area contributed by atoms with Crippen LogP contribution in [-0.4, -0.2) is 106 Å². The molecule has 4 aromatic rings. The predicted octanol–water partition coefficient (Wildman–Crippen LogP) is 6.10. The molecule has 262 valence electrons. The Morgan fingerprint density at radius 3 is 2.47 bits per heavy atom. The Balaban J connectivity index is 1.24. The number of aromatic nitrogens is 3. The Morgan fingerprint density at radius 1 is 1.06 bits per heavy atom. The van der Waals surface area contributed by atoms with Crippen LogP contribution in [0.5, 0.6) is 5.75 Å². The van der Waals surface area contributed by atoms with Gasteiger partial charge in [-0.15, -0.1) is 0 Å². The molecule has 0 spiro atoms. The minimum Gasteiger partial charge on any atom is -0.494 e. The van der Waals surface area contributed by atoms with E-state index in [0.29, 0.717) is 23.1 Å². The van der Waals surface area contributed by atoms with Gasteiger partial charge in [-0.2, -0.15) is 5.10 Å². The topological polar surface area (TPSA) is 105 Å². The molecule has 1 aromatic carbocycles. The van der Waals surface area contributed by atoms with Gasteiger partial charge in [-0.05, 0) is 70.7 Å². The number of carboxylic acid groups (broad SMARTS) is 1. The average Bonchev–Trinajstić information content (AvgIpc) is 3.69. The Bertz CT molecular complexity index is 1900. The highest BCUT2D eigenvalue weighted by molar-refractivity contribution is 5.96. The zero-order valence-electron chi connectivity index (χ0n) is 29.3. The molecule has 1 aliphatic carbocycles. The van der Waals surface area contributed by atoms with E-state index in [4.69, 9.17) is 14.6 Å². The molecule has 3 aliphatic rings. The van der Waals surface area contributed by atoms with E-state index in [-0.39, 0.29) is 19.5 Å². The summed E-state index contributed by atoms with van der Waals surface area (Å²) in [5.41, 5.74) is 5.47. The summed E-state index contributed by atoms with van der Waals surface area (Å²) < 4.78 is 30.4. The first-order chi connectivity index (χ1) is 23.4. The van der Waals surface area contributed by atoms with Crippen molar-refractivity contribution < 1.29 is 28.6 Å². The molecule has 0 radical (unpaired) electrons. The van der Waals surface area contributed by atoms with Crippen molar-refractivity contribution in [2.45, 2.75) is 71.3 Å². The number of aryl methyl sites for hydroxylation is 1. The van der Waals surface area contributed by atoms with Crippen LogP contribution in [-0.2, 0) is 11.3 Å². The quantitative estimate of drug-likeness (QED) is 0.229. The number of halogens is 1. The van der Waals surface area contributed by atoms with Crippen molar-refractivity contribution in [3.8, 4) is 17.1 Å². The molecular weight excluding hydrogens is 627 g/mol. The Morgan fingerprint density at radius 2 is 1.82 bits per heavy atom. The van der Waals surface area contributed by atoms with Crippen LogP contribution in [0.25, 0.3) is 27.8 Å². The maximum Gasteiger partial charge on any atom is 0.408 e. The number of pyridine rings is 1. The molecule has 11 nitrogen and oxygen atoms in total. The van der Waals surface area contributed by atoms with Crippen LogP contribution in [0.4, 0.5) is 14.9 Å². The Kier molecular flexibility index (Phi) is 8.49. The van der Waals surface area contributed by atoms with E-state index in [0.717, 1.165) is 54.1 Å². The lowest BCUT2D eigenvalue weighted by Crippen LogP contribution is -2.59. The van der Waals surface area contributed by atoms with Gasteiger partial charge in [-0.3, -0.25) is 9.69 Å². The number of likely N-dealkylation sites (tertiary alicyclic amines) is 1. The second kappa shape index (κ2) is 12.5. The highest BCUT2D eigenvalue weighted by atomic mass is 19.1. The van der Waals surface area contributed by atoms with E-state index >= 15 is 4.39 Å². The highest BCUT2D eigenvalue weighted by Crippen LogP contribution is 2.40. The number of benzene rings is 1. The van der Waals surface area contributed by atoms with Gasteiger partial charge in [0.2, 0.25) is 0 Å². The molecule has 2 saturated heterocycles. The minimum absolute atomic E-state index is 0.0418. The number of anilines is 1. The lowest BCUT2D eigenvalue weighted by molar-refractivity contribution is 0.0125. The molecule has 1 saturated carbocycles. The lowest BCUT2D eigenvalue weighted by Gasteiger charge is -2.45. The van der Waals surface area contributed by atoms with Crippen LogP contribution in [0, 0.1) is 18.8 Å². The summed E-state index contributed by atoms with van der Waals surface area (Å²) in [5, 5.41) is 16.2. The smallest absolute Gasteiger partial charge is 0.408 e. The molecule has 3 fully saturated rings. The molecule has 2 atom stereocenters. The standard InChI is InChI=1S/C37H47FN6O5/c1-22-33(31-11-25-9-10-28(40-15-24(16-40)21-48-5)14-30(25)42(31)17-23-7-8-23)39-43-18-26(12-32(49-6)34(22)43)35(45)41-19-27(38)13-29(20-41)44(36(46)47)37(2,3)4/h9-12,14,18,23-24,27,29H,7-8,13,15-17,19-21H2,1-6H3,(H,46,47)/t27-,29-/m1/s1. The number of fused-ring (bicyclic) bond motifs is 2. The number of hydrogen-bond donors (Lipinski definition) is 1. The van der Waals surface area contributed by atoms with Crippen LogP contribution >= 0.6 is 0 Å². The van der Waals surface area contributed by atoms with Gasteiger partial charge in [-0.25, -0.2) is 13.7 Å². The van der Waals surface area contributed by atoms with E-state index in [1.54, 1.807) is 51.8 Å². The van der Waals surface area contributed by atoms with Gasteiger partial charge in [-0.1, -0.05) is 6.07 Å². The van der Waals surface area contributed by atoms with Crippen molar-refractivity contribution in [1.29, 1.82) is 0 Å². The average molecular weight is 675 g/mol. The van der Waals surface area contributed by atoms with E-state index in [1.165, 1.54) is 33.8 Å². The number of methoxy groups -OCH3 is 2. The maximum absolute atomic E-state index is 15.1. The third-order valence-corrected chi connectivity index (χ3v) is 10.3. The number of ether oxygens (including phenoxy) is 2. The number of nitrogens with zero attached hydrogens (tertiary/aromatic N) is 6. The largest absolute Gasteiger partial charge is 0.494 e. The SMILES string of the molecule is COCC1CN(c2ccc3cc(-c4nn5cc(C(=O)N6C[C@H](F)C[C@@H](N(C(=O)O)C(C)(C)C)C6)cc(OC)c5c4C)n(CC4CC4)c3c2)C1. The van der Waals surface area contributed by atoms with Crippen molar-refractivity contribution in [3.63, 3.8) is 0 Å². The van der Waals surface area contributed by atoms with Crippen LogP contribution < -0.4 is 9.64 Å². The van der Waals surface area contributed by atoms with Gasteiger partial charge < -0.3 is 28.9 Å². The summed E-state index contributed by atoms with van der Waals surface area (Å²) >= 11 is 0. The van der Waals surface area contributed by atoms with Gasteiger partial charge in [0, 0.05) is 74.0 Å². The zero-order valence-corrected chi connectivity index (χ0v) is 29.3. The van der Waals surface area contributed by atoms with Gasteiger partial charge in [0.05, 0.1) is 43.1 Å². The second-order valence-electron chi connectivity index (χ2n) is 15.1. The molecule has 2 amide bonds. The number of carbonyl (C=O) groups excluding carboxylic acids is 1. The minimum atomic E-state index is -1.35. The third kappa shape index (κ3) is 6.19. The molecule has 0 unspecified atom stereocenters. The fourth-order valence-corrected chi connectivity index (χ4v) is 7.85. The molecule has 2 aliphatic heterocycles. The summed E-state index contributed by atoms with van der Waals surface area (Å²) in [7, 11) is 3.32. The van der Waals surface area contributed by atoms with Crippen molar-refractivity contribution in [3.05, 3.63) is 47.7 Å². The van der Waals surface area contributed by atoms with E-state index in [1.807, 2.05) is 6.92 Å². The summed E-state index contributed by atoms with van der Waals surface area (Å²) in [6.45, 7) is 11.0. The summed E-state index contributed by atoms with van der Waals surface area (Å²) in [6, 6.07) is 9.90. The van der Waals surface area contributed by atoms with Gasteiger partial charge in [0.1, 0.15) is 23.1 Å². The molecule has 49 heavy (non-hydrogen) atoms. The number of alkyl halides is 1. The highest BCUT2D eigenvalue weighted by Gasteiger charge is 2.40. The number of rotatable bonds is 9.